The molecule has 0 bridgehead atoms. The predicted octanol–water partition coefficient (Wildman–Crippen LogP) is 7.11. The lowest BCUT2D eigenvalue weighted by molar-refractivity contribution is 0.102. The molecule has 2 aliphatic heterocycles. The van der Waals surface area contributed by atoms with E-state index in [1.54, 1.807) is 23.5 Å². The molecule has 43 heavy (non-hydrogen) atoms. The highest BCUT2D eigenvalue weighted by Crippen LogP contribution is 2.37. The number of anilines is 1. The molecule has 3 N–H and O–H groups in total. The second-order valence-electron chi connectivity index (χ2n) is 11.0. The van der Waals surface area contributed by atoms with Crippen molar-refractivity contribution in [3.8, 4) is 33.8 Å². The summed E-state index contributed by atoms with van der Waals surface area (Å²) in [6.07, 6.45) is 2.01. The van der Waals surface area contributed by atoms with E-state index in [1.807, 2.05) is 36.4 Å². The highest BCUT2D eigenvalue weighted by Gasteiger charge is 2.21. The van der Waals surface area contributed by atoms with Crippen molar-refractivity contribution in [1.29, 1.82) is 0 Å². The Balaban J connectivity index is 1.19. The van der Waals surface area contributed by atoms with E-state index in [2.05, 4.69) is 45.6 Å². The van der Waals surface area contributed by atoms with Crippen molar-refractivity contribution in [1.82, 2.24) is 10.6 Å². The SMILES string of the molecule is O=C(Nc1ccc(O[C@H]2CCNC2)c(-c2ccc(F)cc2)c1)c1ccc(O[C@H]2CCNC2)c(-c2ccc3ccsc3c2)c1. The zero-order valence-electron chi connectivity index (χ0n) is 23.6. The number of thiophene rings is 1. The number of nitrogens with one attached hydrogen (secondary N) is 3. The number of carbonyl (C=O) groups excluding carboxylic acids is 1. The molecule has 1 amide bonds. The molecule has 0 radical (unpaired) electrons. The van der Waals surface area contributed by atoms with Gasteiger partial charge in [0.2, 0.25) is 0 Å². The molecule has 7 rings (SSSR count). The van der Waals surface area contributed by atoms with E-state index in [4.69, 9.17) is 9.47 Å². The van der Waals surface area contributed by atoms with Gasteiger partial charge in [0.25, 0.3) is 5.91 Å². The number of hydrogen-bond acceptors (Lipinski definition) is 6. The van der Waals surface area contributed by atoms with Crippen LogP contribution >= 0.6 is 11.3 Å². The van der Waals surface area contributed by atoms with Crippen molar-refractivity contribution < 1.29 is 18.7 Å². The molecule has 8 heteroatoms. The first kappa shape index (κ1) is 27.6. The van der Waals surface area contributed by atoms with Crippen molar-refractivity contribution in [2.45, 2.75) is 25.0 Å². The molecule has 218 valence electrons. The van der Waals surface area contributed by atoms with Gasteiger partial charge in [0.05, 0.1) is 0 Å². The number of carbonyl (C=O) groups is 1. The van der Waals surface area contributed by atoms with E-state index in [-0.39, 0.29) is 23.9 Å². The summed E-state index contributed by atoms with van der Waals surface area (Å²) < 4.78 is 27.6. The molecule has 4 aromatic carbocycles. The average Bonchev–Trinajstić information content (AvgIpc) is 3.82. The summed E-state index contributed by atoms with van der Waals surface area (Å²) in [5, 5.41) is 13.0. The van der Waals surface area contributed by atoms with Crippen LogP contribution in [0.5, 0.6) is 11.5 Å². The minimum absolute atomic E-state index is 0.0622. The molecular weight excluding hydrogens is 561 g/mol. The fraction of sp³-hybridized carbons (Fsp3) is 0.229. The van der Waals surface area contributed by atoms with E-state index >= 15 is 0 Å². The molecule has 1 aromatic heterocycles. The zero-order valence-corrected chi connectivity index (χ0v) is 24.4. The maximum Gasteiger partial charge on any atom is 0.255 e. The number of benzene rings is 4. The molecular formula is C35H32FN3O3S. The monoisotopic (exact) mass is 593 g/mol. The Morgan fingerprint density at radius 1 is 0.767 bits per heavy atom. The largest absolute Gasteiger partial charge is 0.488 e. The van der Waals surface area contributed by atoms with Crippen molar-refractivity contribution >= 4 is 33.0 Å². The summed E-state index contributed by atoms with van der Waals surface area (Å²) in [4.78, 5) is 13.6. The zero-order chi connectivity index (χ0) is 29.2. The van der Waals surface area contributed by atoms with Crippen LogP contribution in [0.3, 0.4) is 0 Å². The van der Waals surface area contributed by atoms with Crippen LogP contribution in [0.1, 0.15) is 23.2 Å². The molecule has 2 saturated heterocycles. The Kier molecular flexibility index (Phi) is 7.80. The van der Waals surface area contributed by atoms with Crippen molar-refractivity contribution in [3.05, 3.63) is 102 Å². The number of ether oxygens (including phenoxy) is 2. The van der Waals surface area contributed by atoms with Crippen LogP contribution in [0, 0.1) is 5.82 Å². The normalized spacial score (nSPS) is 18.2. The van der Waals surface area contributed by atoms with E-state index in [1.165, 1.54) is 22.2 Å². The van der Waals surface area contributed by atoms with Crippen molar-refractivity contribution in [3.63, 3.8) is 0 Å². The first-order chi connectivity index (χ1) is 21.1. The van der Waals surface area contributed by atoms with E-state index in [9.17, 15) is 9.18 Å². The Morgan fingerprint density at radius 2 is 1.44 bits per heavy atom. The number of hydrogen-bond donors (Lipinski definition) is 3. The summed E-state index contributed by atoms with van der Waals surface area (Å²) >= 11 is 1.69. The molecule has 6 nitrogen and oxygen atoms in total. The van der Waals surface area contributed by atoms with Crippen LogP contribution in [0.4, 0.5) is 10.1 Å². The Labute approximate surface area is 253 Å². The second kappa shape index (κ2) is 12.2. The summed E-state index contributed by atoms with van der Waals surface area (Å²) in [5.74, 6) is 0.933. The number of halogens is 1. The van der Waals surface area contributed by atoms with Crippen LogP contribution in [0.2, 0.25) is 0 Å². The molecule has 0 saturated carbocycles. The van der Waals surface area contributed by atoms with Gasteiger partial charge in [0.1, 0.15) is 29.5 Å². The first-order valence-corrected chi connectivity index (χ1v) is 15.5. The third-order valence-electron chi connectivity index (χ3n) is 8.02. The van der Waals surface area contributed by atoms with E-state index in [0.29, 0.717) is 17.0 Å². The molecule has 3 heterocycles. The van der Waals surface area contributed by atoms with Gasteiger partial charge in [-0.15, -0.1) is 11.3 Å². The van der Waals surface area contributed by atoms with Gasteiger partial charge in [-0.05, 0) is 108 Å². The molecule has 2 atom stereocenters. The molecule has 2 fully saturated rings. The van der Waals surface area contributed by atoms with E-state index in [0.717, 1.165) is 67.0 Å². The first-order valence-electron chi connectivity index (χ1n) is 14.7. The van der Waals surface area contributed by atoms with Crippen LogP contribution < -0.4 is 25.4 Å². The fourth-order valence-corrected chi connectivity index (χ4v) is 6.54. The van der Waals surface area contributed by atoms with Crippen molar-refractivity contribution in [2.75, 3.05) is 31.5 Å². The summed E-state index contributed by atoms with van der Waals surface area (Å²) in [7, 11) is 0. The van der Waals surface area contributed by atoms with Crippen LogP contribution in [0.25, 0.3) is 32.3 Å². The third kappa shape index (κ3) is 6.13. The number of rotatable bonds is 8. The minimum atomic E-state index is -0.304. The highest BCUT2D eigenvalue weighted by atomic mass is 32.1. The number of amides is 1. The van der Waals surface area contributed by atoms with Crippen LogP contribution in [-0.4, -0.2) is 44.3 Å². The molecule has 0 unspecified atom stereocenters. The summed E-state index contributed by atoms with van der Waals surface area (Å²) in [6.45, 7) is 3.43. The van der Waals surface area contributed by atoms with Crippen LogP contribution in [-0.2, 0) is 0 Å². The fourth-order valence-electron chi connectivity index (χ4n) is 5.71. The van der Waals surface area contributed by atoms with Gasteiger partial charge in [0.15, 0.2) is 0 Å². The van der Waals surface area contributed by atoms with Gasteiger partial charge in [0, 0.05) is 40.2 Å². The van der Waals surface area contributed by atoms with Gasteiger partial charge in [-0.1, -0.05) is 24.3 Å². The smallest absolute Gasteiger partial charge is 0.255 e. The molecule has 0 spiro atoms. The van der Waals surface area contributed by atoms with Gasteiger partial charge in [-0.3, -0.25) is 4.79 Å². The summed E-state index contributed by atoms with van der Waals surface area (Å²) in [6, 6.07) is 26.0. The molecule has 0 aliphatic carbocycles. The lowest BCUT2D eigenvalue weighted by Gasteiger charge is -2.19. The lowest BCUT2D eigenvalue weighted by Crippen LogP contribution is -2.20. The van der Waals surface area contributed by atoms with Crippen LogP contribution in [0.15, 0.2) is 90.3 Å². The second-order valence-corrected chi connectivity index (χ2v) is 12.0. The predicted molar refractivity (Wildman–Crippen MR) is 171 cm³/mol. The topological polar surface area (TPSA) is 71.6 Å². The minimum Gasteiger partial charge on any atom is -0.488 e. The van der Waals surface area contributed by atoms with Gasteiger partial charge >= 0.3 is 0 Å². The van der Waals surface area contributed by atoms with Gasteiger partial charge in [-0.2, -0.15) is 0 Å². The lowest BCUT2D eigenvalue weighted by atomic mass is 10.00. The third-order valence-corrected chi connectivity index (χ3v) is 8.90. The average molecular weight is 594 g/mol. The maximum absolute atomic E-state index is 13.7. The Hall–Kier alpha value is -4.24. The Morgan fingerprint density at radius 3 is 2.14 bits per heavy atom. The van der Waals surface area contributed by atoms with Crippen molar-refractivity contribution in [2.24, 2.45) is 0 Å². The standard InChI is InChI=1S/C35H32FN3O3S/c36-26-6-3-22(4-7-26)31-19-27(8-10-33(31)42-29-12-15-38-21-29)39-35(40)25-5-9-32(41-28-11-14-37-20-28)30(17-25)24-2-1-23-13-16-43-34(23)18-24/h1-10,13,16-19,28-29,37-38H,11-12,14-15,20-21H2,(H,39,40)/t28-,29-/m0/s1. The highest BCUT2D eigenvalue weighted by molar-refractivity contribution is 7.17. The molecule has 5 aromatic rings. The maximum atomic E-state index is 13.7. The summed E-state index contributed by atoms with van der Waals surface area (Å²) in [5.41, 5.74) is 4.65. The Bertz CT molecular complexity index is 1760. The quantitative estimate of drug-likeness (QED) is 0.179. The van der Waals surface area contributed by atoms with E-state index < -0.39 is 0 Å². The van der Waals surface area contributed by atoms with Gasteiger partial charge < -0.3 is 25.4 Å². The number of fused-ring (bicyclic) bond motifs is 1. The van der Waals surface area contributed by atoms with Gasteiger partial charge in [-0.25, -0.2) is 4.39 Å². The molecule has 2 aliphatic rings.